The molecule has 1 aromatic carbocycles. The van der Waals surface area contributed by atoms with Crippen molar-refractivity contribution in [2.45, 2.75) is 12.2 Å². The number of carboxylic acids is 1. The van der Waals surface area contributed by atoms with E-state index in [-0.39, 0.29) is 17.8 Å². The van der Waals surface area contributed by atoms with E-state index in [1.165, 1.54) is 12.1 Å². The first-order valence-electron chi connectivity index (χ1n) is 6.18. The van der Waals surface area contributed by atoms with Crippen LogP contribution in [0.2, 0.25) is 0 Å². The maximum absolute atomic E-state index is 10.9. The zero-order valence-electron chi connectivity index (χ0n) is 11.4. The van der Waals surface area contributed by atoms with Crippen LogP contribution in [-0.4, -0.2) is 50.6 Å². The molecule has 0 amide bonds. The van der Waals surface area contributed by atoms with E-state index >= 15 is 0 Å². The molecule has 2 unspecified atom stereocenters. The van der Waals surface area contributed by atoms with Crippen LogP contribution < -0.4 is 4.90 Å². The Morgan fingerprint density at radius 1 is 1.35 bits per heavy atom. The lowest BCUT2D eigenvalue weighted by Gasteiger charge is -2.19. The lowest BCUT2D eigenvalue weighted by Crippen LogP contribution is -2.27. The van der Waals surface area contributed by atoms with E-state index in [4.69, 9.17) is 14.6 Å². The summed E-state index contributed by atoms with van der Waals surface area (Å²) < 4.78 is 10.7. The first kappa shape index (κ1) is 14.3. The molecule has 0 spiro atoms. The third-order valence-corrected chi connectivity index (χ3v) is 3.53. The largest absolute Gasteiger partial charge is 0.478 e. The van der Waals surface area contributed by atoms with Gasteiger partial charge in [0.25, 0.3) is 0 Å². The van der Waals surface area contributed by atoms with Gasteiger partial charge in [0.1, 0.15) is 18.3 Å². The number of hydrogen-bond donors (Lipinski definition) is 1. The van der Waals surface area contributed by atoms with Gasteiger partial charge in [-0.3, -0.25) is 0 Å². The van der Waals surface area contributed by atoms with Crippen LogP contribution in [0.1, 0.15) is 15.9 Å². The molecule has 1 aromatic rings. The van der Waals surface area contributed by atoms with Crippen LogP contribution in [0.15, 0.2) is 18.2 Å². The Balaban J connectivity index is 2.30. The van der Waals surface area contributed by atoms with Gasteiger partial charge in [-0.05, 0) is 18.2 Å². The second-order valence-electron chi connectivity index (χ2n) is 4.60. The van der Waals surface area contributed by atoms with Crippen LogP contribution in [0.4, 0.5) is 5.69 Å². The number of carbonyl (C=O) groups is 1. The number of methoxy groups -OCH3 is 2. The van der Waals surface area contributed by atoms with E-state index < -0.39 is 5.97 Å². The summed E-state index contributed by atoms with van der Waals surface area (Å²) in [5.74, 6) is -1.04. The predicted molar refractivity (Wildman–Crippen MR) is 71.9 cm³/mol. The number of carboxylic acid groups (broad SMARTS) is 1. The standard InChI is InChI=1S/C14H16N2O4/c1-19-12-7-16(8-13(12)20-2)11-4-3-9(14(17)18)5-10(11)6-15/h3-5,12-13H,7-8H2,1-2H3,(H,17,18). The molecule has 0 radical (unpaired) electrons. The molecule has 6 nitrogen and oxygen atoms in total. The van der Waals surface area contributed by atoms with Crippen molar-refractivity contribution in [2.24, 2.45) is 0 Å². The smallest absolute Gasteiger partial charge is 0.335 e. The molecule has 1 aliphatic heterocycles. The van der Waals surface area contributed by atoms with E-state index in [0.29, 0.717) is 24.3 Å². The summed E-state index contributed by atoms with van der Waals surface area (Å²) in [4.78, 5) is 12.9. The van der Waals surface area contributed by atoms with E-state index in [0.717, 1.165) is 0 Å². The number of benzene rings is 1. The van der Waals surface area contributed by atoms with Crippen molar-refractivity contribution >= 4 is 11.7 Å². The number of aromatic carboxylic acids is 1. The second kappa shape index (κ2) is 5.90. The molecular weight excluding hydrogens is 260 g/mol. The molecule has 0 aromatic heterocycles. The Morgan fingerprint density at radius 3 is 2.40 bits per heavy atom. The maximum Gasteiger partial charge on any atom is 0.335 e. The molecule has 1 saturated heterocycles. The summed E-state index contributed by atoms with van der Waals surface area (Å²) >= 11 is 0. The van der Waals surface area contributed by atoms with Gasteiger partial charge in [0.2, 0.25) is 0 Å². The number of rotatable bonds is 4. The Hall–Kier alpha value is -2.10. The Labute approximate surface area is 117 Å². The third-order valence-electron chi connectivity index (χ3n) is 3.53. The molecule has 20 heavy (non-hydrogen) atoms. The van der Waals surface area contributed by atoms with Crippen LogP contribution in [0.5, 0.6) is 0 Å². The zero-order valence-corrected chi connectivity index (χ0v) is 11.4. The highest BCUT2D eigenvalue weighted by molar-refractivity contribution is 5.89. The van der Waals surface area contributed by atoms with E-state index in [2.05, 4.69) is 0 Å². The quantitative estimate of drug-likeness (QED) is 0.887. The average molecular weight is 276 g/mol. The van der Waals surface area contributed by atoms with Gasteiger partial charge in [0.05, 0.1) is 16.8 Å². The van der Waals surface area contributed by atoms with Gasteiger partial charge in [-0.25, -0.2) is 4.79 Å². The SMILES string of the molecule is COC1CN(c2ccc(C(=O)O)cc2C#N)CC1OC. The van der Waals surface area contributed by atoms with Crippen molar-refractivity contribution < 1.29 is 19.4 Å². The molecular formula is C14H16N2O4. The fraction of sp³-hybridized carbons (Fsp3) is 0.429. The first-order chi connectivity index (χ1) is 9.60. The second-order valence-corrected chi connectivity index (χ2v) is 4.60. The molecule has 2 rings (SSSR count). The molecule has 1 aliphatic rings. The number of ether oxygens (including phenoxy) is 2. The van der Waals surface area contributed by atoms with Gasteiger partial charge in [-0.2, -0.15) is 5.26 Å². The Kier molecular flexibility index (Phi) is 4.23. The van der Waals surface area contributed by atoms with Crippen molar-refractivity contribution in [3.8, 4) is 6.07 Å². The number of anilines is 1. The van der Waals surface area contributed by atoms with Crippen LogP contribution in [0.25, 0.3) is 0 Å². The molecule has 1 N–H and O–H groups in total. The van der Waals surface area contributed by atoms with Crippen molar-refractivity contribution in [3.05, 3.63) is 29.3 Å². The summed E-state index contributed by atoms with van der Waals surface area (Å²) in [6.07, 6.45) is -0.128. The lowest BCUT2D eigenvalue weighted by molar-refractivity contribution is -0.00461. The summed E-state index contributed by atoms with van der Waals surface area (Å²) in [5, 5.41) is 18.2. The minimum Gasteiger partial charge on any atom is -0.478 e. The van der Waals surface area contributed by atoms with Gasteiger partial charge in [0, 0.05) is 27.3 Å². The molecule has 1 heterocycles. The van der Waals surface area contributed by atoms with Gasteiger partial charge in [-0.15, -0.1) is 0 Å². The average Bonchev–Trinajstić information content (AvgIpc) is 2.89. The fourth-order valence-electron chi connectivity index (χ4n) is 2.43. The highest BCUT2D eigenvalue weighted by atomic mass is 16.5. The summed E-state index contributed by atoms with van der Waals surface area (Å²) in [7, 11) is 3.25. The number of hydrogen-bond acceptors (Lipinski definition) is 5. The Bertz CT molecular complexity index is 541. The van der Waals surface area contributed by atoms with Gasteiger partial charge in [0.15, 0.2) is 0 Å². The number of nitriles is 1. The molecule has 0 saturated carbocycles. The number of nitrogens with zero attached hydrogens (tertiary/aromatic N) is 2. The summed E-state index contributed by atoms with van der Waals surface area (Å²) in [6.45, 7) is 1.21. The van der Waals surface area contributed by atoms with E-state index in [1.54, 1.807) is 20.3 Å². The third kappa shape index (κ3) is 2.59. The van der Waals surface area contributed by atoms with Crippen molar-refractivity contribution in [3.63, 3.8) is 0 Å². The van der Waals surface area contributed by atoms with E-state index in [9.17, 15) is 10.1 Å². The Morgan fingerprint density at radius 2 is 1.95 bits per heavy atom. The molecule has 0 aliphatic carbocycles. The van der Waals surface area contributed by atoms with Crippen LogP contribution in [0, 0.1) is 11.3 Å². The molecule has 106 valence electrons. The van der Waals surface area contributed by atoms with E-state index in [1.807, 2.05) is 11.0 Å². The summed E-state index contributed by atoms with van der Waals surface area (Å²) in [6, 6.07) is 6.60. The van der Waals surface area contributed by atoms with Gasteiger partial charge in [-0.1, -0.05) is 0 Å². The monoisotopic (exact) mass is 276 g/mol. The molecule has 0 bridgehead atoms. The van der Waals surface area contributed by atoms with Crippen molar-refractivity contribution in [1.29, 1.82) is 5.26 Å². The molecule has 6 heteroatoms. The highest BCUT2D eigenvalue weighted by Gasteiger charge is 2.34. The maximum atomic E-state index is 10.9. The van der Waals surface area contributed by atoms with Crippen LogP contribution >= 0.6 is 0 Å². The van der Waals surface area contributed by atoms with Gasteiger partial charge < -0.3 is 19.5 Å². The normalized spacial score (nSPS) is 21.8. The van der Waals surface area contributed by atoms with Gasteiger partial charge >= 0.3 is 5.97 Å². The van der Waals surface area contributed by atoms with Crippen molar-refractivity contribution in [2.75, 3.05) is 32.2 Å². The first-order valence-corrected chi connectivity index (χ1v) is 6.18. The molecule has 2 atom stereocenters. The topological polar surface area (TPSA) is 82.8 Å². The molecule has 1 fully saturated rings. The minimum absolute atomic E-state index is 0.0642. The summed E-state index contributed by atoms with van der Waals surface area (Å²) in [5.41, 5.74) is 1.16. The minimum atomic E-state index is -1.04. The highest BCUT2D eigenvalue weighted by Crippen LogP contribution is 2.27. The fourth-order valence-corrected chi connectivity index (χ4v) is 2.43. The lowest BCUT2D eigenvalue weighted by atomic mass is 10.1. The predicted octanol–water partition coefficient (Wildman–Crippen LogP) is 1.11. The zero-order chi connectivity index (χ0) is 14.7. The van der Waals surface area contributed by atoms with Crippen LogP contribution in [-0.2, 0) is 9.47 Å². The van der Waals surface area contributed by atoms with Crippen molar-refractivity contribution in [1.82, 2.24) is 0 Å². The van der Waals surface area contributed by atoms with Crippen LogP contribution in [0.3, 0.4) is 0 Å².